The van der Waals surface area contributed by atoms with Gasteiger partial charge in [0.05, 0.1) is 10.2 Å². The molecule has 1 aromatic carbocycles. The average Bonchev–Trinajstić information content (AvgIpc) is 2.87. The Balaban J connectivity index is 2.05. The summed E-state index contributed by atoms with van der Waals surface area (Å²) >= 11 is 1.08. The SMILES string of the molecule is COCCCNC(=O)Nc1ccc2nc(S(C)(=O)=O)sc2c1. The molecule has 0 unspecified atom stereocenters. The number of urea groups is 1. The van der Waals surface area contributed by atoms with Crippen LogP contribution in [0, 0.1) is 0 Å². The number of nitrogens with one attached hydrogen (secondary N) is 2. The number of carbonyl (C=O) groups excluding carboxylic acids is 1. The number of fused-ring (bicyclic) bond motifs is 1. The second-order valence-electron chi connectivity index (χ2n) is 4.66. The van der Waals surface area contributed by atoms with Crippen LogP contribution in [0.25, 0.3) is 10.2 Å². The number of carbonyl (C=O) groups is 1. The number of amides is 2. The van der Waals surface area contributed by atoms with Gasteiger partial charge in [-0.05, 0) is 24.6 Å². The lowest BCUT2D eigenvalue weighted by Crippen LogP contribution is -2.29. The van der Waals surface area contributed by atoms with E-state index in [4.69, 9.17) is 4.74 Å². The number of aromatic nitrogens is 1. The first-order valence-electron chi connectivity index (χ1n) is 6.54. The van der Waals surface area contributed by atoms with Crippen LogP contribution < -0.4 is 10.6 Å². The van der Waals surface area contributed by atoms with Crippen molar-refractivity contribution < 1.29 is 17.9 Å². The summed E-state index contributed by atoms with van der Waals surface area (Å²) in [5.41, 5.74) is 1.18. The van der Waals surface area contributed by atoms with E-state index >= 15 is 0 Å². The molecule has 2 amide bonds. The molecule has 0 bridgehead atoms. The first-order valence-corrected chi connectivity index (χ1v) is 9.25. The maximum Gasteiger partial charge on any atom is 0.319 e. The number of hydrogen-bond acceptors (Lipinski definition) is 6. The van der Waals surface area contributed by atoms with Gasteiger partial charge in [0.15, 0.2) is 0 Å². The molecule has 0 atom stereocenters. The number of methoxy groups -OCH3 is 1. The molecular formula is C13H17N3O4S2. The van der Waals surface area contributed by atoms with Gasteiger partial charge >= 0.3 is 6.03 Å². The van der Waals surface area contributed by atoms with Crippen molar-refractivity contribution >= 4 is 43.1 Å². The van der Waals surface area contributed by atoms with Gasteiger partial charge in [0.25, 0.3) is 0 Å². The summed E-state index contributed by atoms with van der Waals surface area (Å²) in [6.45, 7) is 1.10. The van der Waals surface area contributed by atoms with Crippen LogP contribution in [0.2, 0.25) is 0 Å². The van der Waals surface area contributed by atoms with E-state index in [0.29, 0.717) is 29.1 Å². The zero-order valence-corrected chi connectivity index (χ0v) is 13.9. The predicted molar refractivity (Wildman–Crippen MR) is 86.2 cm³/mol. The highest BCUT2D eigenvalue weighted by Crippen LogP contribution is 2.27. The van der Waals surface area contributed by atoms with Crippen LogP contribution in [0.3, 0.4) is 0 Å². The Morgan fingerprint density at radius 3 is 2.86 bits per heavy atom. The summed E-state index contributed by atoms with van der Waals surface area (Å²) in [5.74, 6) is 0. The van der Waals surface area contributed by atoms with Gasteiger partial charge in [-0.25, -0.2) is 18.2 Å². The number of hydrogen-bond donors (Lipinski definition) is 2. The molecule has 0 aliphatic heterocycles. The second-order valence-corrected chi connectivity index (χ2v) is 7.88. The van der Waals surface area contributed by atoms with Crippen molar-refractivity contribution in [3.63, 3.8) is 0 Å². The van der Waals surface area contributed by atoms with E-state index in [0.717, 1.165) is 24.0 Å². The number of rotatable bonds is 6. The average molecular weight is 343 g/mol. The molecular weight excluding hydrogens is 326 g/mol. The monoisotopic (exact) mass is 343 g/mol. The van der Waals surface area contributed by atoms with Crippen LogP contribution in [-0.2, 0) is 14.6 Å². The molecule has 2 rings (SSSR count). The van der Waals surface area contributed by atoms with Crippen molar-refractivity contribution in [2.45, 2.75) is 10.8 Å². The Hall–Kier alpha value is -1.71. The molecule has 0 radical (unpaired) electrons. The largest absolute Gasteiger partial charge is 0.385 e. The van der Waals surface area contributed by atoms with Gasteiger partial charge in [0.2, 0.25) is 14.2 Å². The highest BCUT2D eigenvalue weighted by Gasteiger charge is 2.14. The normalized spacial score (nSPS) is 11.5. The highest BCUT2D eigenvalue weighted by molar-refractivity contribution is 7.92. The molecule has 2 aromatic rings. The molecule has 120 valence electrons. The van der Waals surface area contributed by atoms with E-state index in [1.807, 2.05) is 0 Å². The topological polar surface area (TPSA) is 97.4 Å². The van der Waals surface area contributed by atoms with Crippen LogP contribution in [0.5, 0.6) is 0 Å². The minimum absolute atomic E-state index is 0.0728. The summed E-state index contributed by atoms with van der Waals surface area (Å²) in [6.07, 6.45) is 1.85. The van der Waals surface area contributed by atoms with Crippen molar-refractivity contribution in [2.75, 3.05) is 31.8 Å². The molecule has 0 fully saturated rings. The fraction of sp³-hybridized carbons (Fsp3) is 0.385. The predicted octanol–water partition coefficient (Wildman–Crippen LogP) is 1.86. The number of ether oxygens (including phenoxy) is 1. The third-order valence-corrected chi connectivity index (χ3v) is 5.45. The van der Waals surface area contributed by atoms with Gasteiger partial charge < -0.3 is 15.4 Å². The van der Waals surface area contributed by atoms with Crippen molar-refractivity contribution in [3.8, 4) is 0 Å². The summed E-state index contributed by atoms with van der Waals surface area (Å²) in [4.78, 5) is 15.8. The highest BCUT2D eigenvalue weighted by atomic mass is 32.2. The van der Waals surface area contributed by atoms with Crippen molar-refractivity contribution in [3.05, 3.63) is 18.2 Å². The summed E-state index contributed by atoms with van der Waals surface area (Å²) < 4.78 is 28.7. The molecule has 0 aliphatic rings. The molecule has 22 heavy (non-hydrogen) atoms. The standard InChI is InChI=1S/C13H17N3O4S2/c1-20-7-3-6-14-12(17)15-9-4-5-10-11(8-9)21-13(16-10)22(2,18)19/h4-5,8H,3,6-7H2,1-2H3,(H2,14,15,17). The van der Waals surface area contributed by atoms with E-state index in [1.165, 1.54) is 0 Å². The van der Waals surface area contributed by atoms with Crippen molar-refractivity contribution in [1.82, 2.24) is 10.3 Å². The molecule has 0 spiro atoms. The fourth-order valence-electron chi connectivity index (χ4n) is 1.73. The van der Waals surface area contributed by atoms with Crippen molar-refractivity contribution in [1.29, 1.82) is 0 Å². The summed E-state index contributed by atoms with van der Waals surface area (Å²) in [6, 6.07) is 4.75. The summed E-state index contributed by atoms with van der Waals surface area (Å²) in [7, 11) is -1.72. The van der Waals surface area contributed by atoms with Crippen molar-refractivity contribution in [2.24, 2.45) is 0 Å². The lowest BCUT2D eigenvalue weighted by atomic mass is 10.3. The van der Waals surface area contributed by atoms with E-state index in [2.05, 4.69) is 15.6 Å². The number of sulfone groups is 1. The van der Waals surface area contributed by atoms with Crippen LogP contribution in [0.1, 0.15) is 6.42 Å². The van der Waals surface area contributed by atoms with Crippen LogP contribution in [-0.4, -0.2) is 46.0 Å². The maximum atomic E-state index is 11.7. The zero-order chi connectivity index (χ0) is 16.2. The lowest BCUT2D eigenvalue weighted by Gasteiger charge is -2.07. The number of anilines is 1. The van der Waals surface area contributed by atoms with Gasteiger partial charge in [-0.1, -0.05) is 0 Å². The van der Waals surface area contributed by atoms with Crippen LogP contribution in [0.4, 0.5) is 10.5 Å². The Kier molecular flexibility index (Phi) is 5.33. The number of nitrogens with zero attached hydrogens (tertiary/aromatic N) is 1. The molecule has 1 heterocycles. The Bertz CT molecular complexity index is 771. The Morgan fingerprint density at radius 1 is 1.41 bits per heavy atom. The smallest absolute Gasteiger partial charge is 0.319 e. The minimum atomic E-state index is -3.32. The minimum Gasteiger partial charge on any atom is -0.385 e. The molecule has 2 N–H and O–H groups in total. The van der Waals surface area contributed by atoms with Gasteiger partial charge in [-0.3, -0.25) is 0 Å². The van der Waals surface area contributed by atoms with E-state index in [9.17, 15) is 13.2 Å². The molecule has 0 aliphatic carbocycles. The summed E-state index contributed by atoms with van der Waals surface area (Å²) in [5, 5.41) is 5.40. The third-order valence-electron chi connectivity index (χ3n) is 2.75. The van der Waals surface area contributed by atoms with E-state index < -0.39 is 9.84 Å². The Labute approximate surface area is 132 Å². The molecule has 0 saturated heterocycles. The molecule has 9 heteroatoms. The van der Waals surface area contributed by atoms with Gasteiger partial charge in [0.1, 0.15) is 0 Å². The maximum absolute atomic E-state index is 11.7. The Morgan fingerprint density at radius 2 is 2.18 bits per heavy atom. The first kappa shape index (κ1) is 16.7. The first-order chi connectivity index (χ1) is 10.4. The van der Waals surface area contributed by atoms with Crippen LogP contribution in [0.15, 0.2) is 22.5 Å². The molecule has 7 nitrogen and oxygen atoms in total. The molecule has 0 saturated carbocycles. The van der Waals surface area contributed by atoms with Gasteiger partial charge in [0, 0.05) is 32.2 Å². The quantitative estimate of drug-likeness (QED) is 0.780. The fourth-order valence-corrected chi connectivity index (χ4v) is 3.61. The van der Waals surface area contributed by atoms with Crippen LogP contribution >= 0.6 is 11.3 Å². The zero-order valence-electron chi connectivity index (χ0n) is 12.3. The number of thiazole rings is 1. The van der Waals surface area contributed by atoms with Gasteiger partial charge in [-0.2, -0.15) is 0 Å². The molecule has 1 aromatic heterocycles. The van der Waals surface area contributed by atoms with Gasteiger partial charge in [-0.15, -0.1) is 11.3 Å². The lowest BCUT2D eigenvalue weighted by molar-refractivity contribution is 0.194. The van der Waals surface area contributed by atoms with E-state index in [1.54, 1.807) is 25.3 Å². The van der Waals surface area contributed by atoms with E-state index in [-0.39, 0.29) is 10.4 Å². The number of benzene rings is 1. The third kappa shape index (κ3) is 4.39. The second kappa shape index (κ2) is 7.03.